The highest BCUT2D eigenvalue weighted by Crippen LogP contribution is 2.22. The average Bonchev–Trinajstić information content (AvgIpc) is 2.74. The van der Waals surface area contributed by atoms with Crippen LogP contribution in [0.3, 0.4) is 0 Å². The summed E-state index contributed by atoms with van der Waals surface area (Å²) < 4.78 is 5.22. The molecule has 0 spiro atoms. The molecule has 0 bridgehead atoms. The summed E-state index contributed by atoms with van der Waals surface area (Å²) in [6.45, 7) is 2.98. The third-order valence-corrected chi connectivity index (χ3v) is 5.38. The van der Waals surface area contributed by atoms with Gasteiger partial charge in [0.1, 0.15) is 5.75 Å². The van der Waals surface area contributed by atoms with Gasteiger partial charge >= 0.3 is 6.03 Å². The van der Waals surface area contributed by atoms with Crippen molar-refractivity contribution in [3.05, 3.63) is 93.5 Å². The number of anilines is 1. The number of carbonyl (C=O) groups is 1. The molecule has 0 saturated heterocycles. The van der Waals surface area contributed by atoms with Crippen LogP contribution in [0.1, 0.15) is 16.7 Å². The largest absolute Gasteiger partial charge is 0.497 e. The fourth-order valence-corrected chi connectivity index (χ4v) is 3.53. The van der Waals surface area contributed by atoms with E-state index in [1.807, 2.05) is 67.6 Å². The first-order valence-electron chi connectivity index (χ1n) is 9.64. The van der Waals surface area contributed by atoms with E-state index in [1.54, 1.807) is 18.1 Å². The number of nitrogens with one attached hydrogen (secondary N) is 1. The number of rotatable bonds is 7. The first-order valence-corrected chi connectivity index (χ1v) is 10.4. The van der Waals surface area contributed by atoms with Crippen LogP contribution in [-0.4, -0.2) is 24.6 Å². The van der Waals surface area contributed by atoms with Gasteiger partial charge in [-0.2, -0.15) is 0 Å². The van der Waals surface area contributed by atoms with Crippen LogP contribution >= 0.6 is 23.2 Å². The molecule has 1 N–H and O–H groups in total. The van der Waals surface area contributed by atoms with Crippen LogP contribution in [0.25, 0.3) is 0 Å². The molecule has 3 aromatic carbocycles. The Morgan fingerprint density at radius 3 is 2.33 bits per heavy atom. The lowest BCUT2D eigenvalue weighted by molar-refractivity contribution is 0.210. The number of ether oxygens (including phenoxy) is 1. The molecule has 0 unspecified atom stereocenters. The van der Waals surface area contributed by atoms with Gasteiger partial charge in [-0.3, -0.25) is 0 Å². The Labute approximate surface area is 187 Å². The number of hydrogen-bond donors (Lipinski definition) is 1. The summed E-state index contributed by atoms with van der Waals surface area (Å²) in [5, 5.41) is 4.18. The van der Waals surface area contributed by atoms with Crippen molar-refractivity contribution in [2.24, 2.45) is 0 Å². The second-order valence-corrected chi connectivity index (χ2v) is 7.90. The molecule has 2 amide bonds. The number of halogens is 2. The van der Waals surface area contributed by atoms with Gasteiger partial charge in [-0.25, -0.2) is 4.79 Å². The van der Waals surface area contributed by atoms with Crippen molar-refractivity contribution in [1.29, 1.82) is 0 Å². The van der Waals surface area contributed by atoms with E-state index >= 15 is 0 Å². The van der Waals surface area contributed by atoms with Crippen molar-refractivity contribution >= 4 is 34.9 Å². The monoisotopic (exact) mass is 442 g/mol. The van der Waals surface area contributed by atoms with Crippen molar-refractivity contribution in [3.63, 3.8) is 0 Å². The minimum Gasteiger partial charge on any atom is -0.497 e. The Balaban J connectivity index is 1.75. The Hall–Kier alpha value is -2.69. The molecule has 0 fully saturated rings. The predicted molar refractivity (Wildman–Crippen MR) is 124 cm³/mol. The van der Waals surface area contributed by atoms with E-state index in [1.165, 1.54) is 0 Å². The summed E-state index contributed by atoms with van der Waals surface area (Å²) >= 11 is 12.3. The average molecular weight is 443 g/mol. The molecule has 0 aliphatic heterocycles. The summed E-state index contributed by atoms with van der Waals surface area (Å²) in [6, 6.07) is 20.7. The van der Waals surface area contributed by atoms with Gasteiger partial charge in [0.05, 0.1) is 7.11 Å². The molecule has 30 heavy (non-hydrogen) atoms. The molecule has 0 atom stereocenters. The summed E-state index contributed by atoms with van der Waals surface area (Å²) in [5.74, 6) is 0.780. The van der Waals surface area contributed by atoms with E-state index in [2.05, 4.69) is 5.32 Å². The normalized spacial score (nSPS) is 10.5. The van der Waals surface area contributed by atoms with Crippen LogP contribution in [-0.2, 0) is 13.0 Å². The summed E-state index contributed by atoms with van der Waals surface area (Å²) in [5.41, 5.74) is 3.86. The van der Waals surface area contributed by atoms with Gasteiger partial charge in [-0.05, 0) is 60.9 Å². The van der Waals surface area contributed by atoms with Crippen molar-refractivity contribution < 1.29 is 9.53 Å². The zero-order chi connectivity index (χ0) is 21.5. The van der Waals surface area contributed by atoms with Gasteiger partial charge in [0.25, 0.3) is 0 Å². The molecule has 156 valence electrons. The smallest absolute Gasteiger partial charge is 0.322 e. The quantitative estimate of drug-likeness (QED) is 0.448. The zero-order valence-corrected chi connectivity index (χ0v) is 18.5. The first kappa shape index (κ1) is 22.0. The fourth-order valence-electron chi connectivity index (χ4n) is 3.02. The lowest BCUT2D eigenvalue weighted by Crippen LogP contribution is -2.36. The van der Waals surface area contributed by atoms with Crippen molar-refractivity contribution in [3.8, 4) is 5.75 Å². The fraction of sp³-hybridized carbons (Fsp3) is 0.208. The van der Waals surface area contributed by atoms with Crippen molar-refractivity contribution in [2.45, 2.75) is 19.9 Å². The number of benzene rings is 3. The summed E-state index contributed by atoms with van der Waals surface area (Å²) in [7, 11) is 1.63. The highest BCUT2D eigenvalue weighted by atomic mass is 35.5. The van der Waals surface area contributed by atoms with E-state index < -0.39 is 0 Å². The standard InChI is InChI=1S/C24H24Cl2N2O2/c1-17-3-9-21(10-4-17)27-24(29)28(16-18-5-11-22(30-2)12-6-18)14-13-19-7-8-20(25)15-23(19)26/h3-12,15H,13-14,16H2,1-2H3,(H,27,29). The number of urea groups is 1. The highest BCUT2D eigenvalue weighted by molar-refractivity contribution is 6.35. The maximum absolute atomic E-state index is 13.0. The summed E-state index contributed by atoms with van der Waals surface area (Å²) in [6.07, 6.45) is 0.619. The Morgan fingerprint density at radius 2 is 1.70 bits per heavy atom. The molecule has 0 aromatic heterocycles. The Morgan fingerprint density at radius 1 is 1.00 bits per heavy atom. The molecule has 3 rings (SSSR count). The number of carbonyl (C=O) groups excluding carboxylic acids is 1. The minimum absolute atomic E-state index is 0.167. The van der Waals surface area contributed by atoms with E-state index in [0.29, 0.717) is 29.6 Å². The van der Waals surface area contributed by atoms with Crippen LogP contribution in [0.2, 0.25) is 10.0 Å². The van der Waals surface area contributed by atoms with Gasteiger partial charge in [0.2, 0.25) is 0 Å². The summed E-state index contributed by atoms with van der Waals surface area (Å²) in [4.78, 5) is 14.8. The van der Waals surface area contributed by atoms with Gasteiger partial charge in [-0.15, -0.1) is 0 Å². The molecule has 0 aliphatic rings. The van der Waals surface area contributed by atoms with Crippen molar-refractivity contribution in [1.82, 2.24) is 4.90 Å². The number of nitrogens with zero attached hydrogens (tertiary/aromatic N) is 1. The SMILES string of the molecule is COc1ccc(CN(CCc2ccc(Cl)cc2Cl)C(=O)Nc2ccc(C)cc2)cc1. The molecule has 3 aromatic rings. The lowest BCUT2D eigenvalue weighted by Gasteiger charge is -2.24. The topological polar surface area (TPSA) is 41.6 Å². The van der Waals surface area contributed by atoms with Gasteiger partial charge in [-0.1, -0.05) is 59.1 Å². The van der Waals surface area contributed by atoms with Gasteiger partial charge in [0.15, 0.2) is 0 Å². The Bertz CT molecular complexity index is 989. The van der Waals surface area contributed by atoms with Crippen LogP contribution in [0.4, 0.5) is 10.5 Å². The highest BCUT2D eigenvalue weighted by Gasteiger charge is 2.15. The Kier molecular flexibility index (Phi) is 7.61. The number of methoxy groups -OCH3 is 1. The van der Waals surface area contributed by atoms with Crippen LogP contribution in [0.5, 0.6) is 5.75 Å². The third-order valence-electron chi connectivity index (χ3n) is 4.79. The minimum atomic E-state index is -0.167. The van der Waals surface area contributed by atoms with Crippen LogP contribution in [0, 0.1) is 6.92 Å². The van der Waals surface area contributed by atoms with E-state index in [-0.39, 0.29) is 6.03 Å². The maximum atomic E-state index is 13.0. The molecule has 4 nitrogen and oxygen atoms in total. The lowest BCUT2D eigenvalue weighted by atomic mass is 10.1. The number of hydrogen-bond acceptors (Lipinski definition) is 2. The molecular formula is C24H24Cl2N2O2. The molecule has 0 aliphatic carbocycles. The van der Waals surface area contributed by atoms with E-state index in [4.69, 9.17) is 27.9 Å². The maximum Gasteiger partial charge on any atom is 0.322 e. The molecule has 6 heteroatoms. The van der Waals surface area contributed by atoms with Crippen molar-refractivity contribution in [2.75, 3.05) is 19.0 Å². The molecule has 0 radical (unpaired) electrons. The molecule has 0 heterocycles. The third kappa shape index (κ3) is 6.15. The zero-order valence-electron chi connectivity index (χ0n) is 17.0. The molecule has 0 saturated carbocycles. The first-order chi connectivity index (χ1) is 14.4. The number of aryl methyl sites for hydroxylation is 1. The number of amides is 2. The van der Waals surface area contributed by atoms with Gasteiger partial charge < -0.3 is 15.0 Å². The predicted octanol–water partition coefficient (Wildman–Crippen LogP) is 6.59. The van der Waals surface area contributed by atoms with Gasteiger partial charge in [0, 0.05) is 28.8 Å². The molecular weight excluding hydrogens is 419 g/mol. The second-order valence-electron chi connectivity index (χ2n) is 7.05. The van der Waals surface area contributed by atoms with E-state index in [9.17, 15) is 4.79 Å². The second kappa shape index (κ2) is 10.4. The van der Waals surface area contributed by atoms with Crippen LogP contribution in [0.15, 0.2) is 66.7 Å². The van der Waals surface area contributed by atoms with Crippen LogP contribution < -0.4 is 10.1 Å². The van der Waals surface area contributed by atoms with E-state index in [0.717, 1.165) is 28.1 Å².